The lowest BCUT2D eigenvalue weighted by molar-refractivity contribution is -0.143. The Morgan fingerprint density at radius 2 is 1.89 bits per heavy atom. The van der Waals surface area contributed by atoms with Gasteiger partial charge in [-0.1, -0.05) is 36.4 Å². The molecule has 138 valence electrons. The SMILES string of the molecule is CCOC(=O)CN1C(=O)[C@@](O)(c2c(C)[nH]c3ccccc23)c2ccccc21. The van der Waals surface area contributed by atoms with E-state index in [0.717, 1.165) is 10.9 Å². The maximum atomic E-state index is 13.4. The molecule has 0 aliphatic carbocycles. The van der Waals surface area contributed by atoms with Gasteiger partial charge in [0, 0.05) is 27.7 Å². The summed E-state index contributed by atoms with van der Waals surface area (Å²) in [6.07, 6.45) is 0. The Bertz CT molecular complexity index is 1060. The Morgan fingerprint density at radius 1 is 1.19 bits per heavy atom. The molecule has 1 aliphatic rings. The van der Waals surface area contributed by atoms with Crippen LogP contribution in [-0.2, 0) is 19.9 Å². The van der Waals surface area contributed by atoms with Crippen LogP contribution in [0.5, 0.6) is 0 Å². The number of nitrogens with zero attached hydrogens (tertiary/aromatic N) is 1. The highest BCUT2D eigenvalue weighted by molar-refractivity contribution is 6.13. The Labute approximate surface area is 156 Å². The van der Waals surface area contributed by atoms with Gasteiger partial charge in [0.1, 0.15) is 6.54 Å². The Kier molecular flexibility index (Phi) is 4.00. The fourth-order valence-electron chi connectivity index (χ4n) is 3.91. The number of nitrogens with one attached hydrogen (secondary N) is 1. The smallest absolute Gasteiger partial charge is 0.326 e. The molecule has 1 aromatic heterocycles. The molecule has 2 N–H and O–H groups in total. The van der Waals surface area contributed by atoms with Crippen LogP contribution in [0.15, 0.2) is 48.5 Å². The summed E-state index contributed by atoms with van der Waals surface area (Å²) in [7, 11) is 0. The van der Waals surface area contributed by atoms with E-state index in [4.69, 9.17) is 4.74 Å². The summed E-state index contributed by atoms with van der Waals surface area (Å²) < 4.78 is 5.00. The molecule has 0 bridgehead atoms. The largest absolute Gasteiger partial charge is 0.465 e. The van der Waals surface area contributed by atoms with Gasteiger partial charge in [-0.05, 0) is 26.0 Å². The average molecular weight is 364 g/mol. The third-order valence-electron chi connectivity index (χ3n) is 4.99. The van der Waals surface area contributed by atoms with Gasteiger partial charge in [0.2, 0.25) is 0 Å². The number of H-pyrrole nitrogens is 1. The van der Waals surface area contributed by atoms with E-state index in [1.54, 1.807) is 31.2 Å². The van der Waals surface area contributed by atoms with Crippen LogP contribution in [0.2, 0.25) is 0 Å². The van der Waals surface area contributed by atoms with Gasteiger partial charge in [-0.25, -0.2) is 0 Å². The number of benzene rings is 2. The van der Waals surface area contributed by atoms with Crippen LogP contribution < -0.4 is 4.90 Å². The van der Waals surface area contributed by atoms with Gasteiger partial charge in [0.05, 0.1) is 12.3 Å². The number of rotatable bonds is 4. The number of fused-ring (bicyclic) bond motifs is 2. The number of aromatic nitrogens is 1. The van der Waals surface area contributed by atoms with E-state index in [9.17, 15) is 14.7 Å². The second kappa shape index (κ2) is 6.25. The molecule has 2 aromatic carbocycles. The van der Waals surface area contributed by atoms with E-state index in [2.05, 4.69) is 4.98 Å². The molecule has 6 nitrogen and oxygen atoms in total. The number of aryl methyl sites for hydroxylation is 1. The second-order valence-corrected chi connectivity index (χ2v) is 6.59. The number of ether oxygens (including phenoxy) is 1. The molecule has 3 aromatic rings. The van der Waals surface area contributed by atoms with Crippen molar-refractivity contribution >= 4 is 28.5 Å². The molecule has 0 spiro atoms. The van der Waals surface area contributed by atoms with Crippen molar-refractivity contribution in [2.45, 2.75) is 19.4 Å². The fourth-order valence-corrected chi connectivity index (χ4v) is 3.91. The maximum Gasteiger partial charge on any atom is 0.326 e. The maximum absolute atomic E-state index is 13.4. The average Bonchev–Trinajstić information content (AvgIpc) is 3.10. The molecule has 1 aliphatic heterocycles. The lowest BCUT2D eigenvalue weighted by Gasteiger charge is -2.24. The Balaban J connectivity index is 1.91. The molecule has 0 radical (unpaired) electrons. The number of hydrogen-bond donors (Lipinski definition) is 2. The van der Waals surface area contributed by atoms with Crippen molar-refractivity contribution in [3.8, 4) is 0 Å². The van der Waals surface area contributed by atoms with Crippen LogP contribution in [0.25, 0.3) is 10.9 Å². The molecule has 0 saturated carbocycles. The normalized spacial score (nSPS) is 18.8. The van der Waals surface area contributed by atoms with Gasteiger partial charge in [0.15, 0.2) is 5.60 Å². The first-order chi connectivity index (χ1) is 13.0. The van der Waals surface area contributed by atoms with Gasteiger partial charge in [-0.2, -0.15) is 0 Å². The summed E-state index contributed by atoms with van der Waals surface area (Å²) in [5.74, 6) is -1.06. The molecule has 27 heavy (non-hydrogen) atoms. The molecular formula is C21H20N2O4. The predicted octanol–water partition coefficient (Wildman–Crippen LogP) is 2.62. The van der Waals surface area contributed by atoms with E-state index < -0.39 is 17.5 Å². The molecular weight excluding hydrogens is 344 g/mol. The Morgan fingerprint density at radius 3 is 2.67 bits per heavy atom. The third-order valence-corrected chi connectivity index (χ3v) is 4.99. The fraction of sp³-hybridized carbons (Fsp3) is 0.238. The van der Waals surface area contributed by atoms with Crippen molar-refractivity contribution in [3.05, 3.63) is 65.4 Å². The van der Waals surface area contributed by atoms with Crippen molar-refractivity contribution in [2.24, 2.45) is 0 Å². The van der Waals surface area contributed by atoms with Crippen molar-refractivity contribution in [1.29, 1.82) is 0 Å². The number of aliphatic hydroxyl groups is 1. The number of anilines is 1. The third kappa shape index (κ3) is 2.44. The first-order valence-corrected chi connectivity index (χ1v) is 8.85. The van der Waals surface area contributed by atoms with Crippen molar-refractivity contribution in [3.63, 3.8) is 0 Å². The lowest BCUT2D eigenvalue weighted by atomic mass is 9.85. The van der Waals surface area contributed by atoms with E-state index in [1.165, 1.54) is 4.90 Å². The number of amides is 1. The number of hydrogen-bond acceptors (Lipinski definition) is 4. The summed E-state index contributed by atoms with van der Waals surface area (Å²) in [5.41, 5.74) is 1.18. The zero-order chi connectivity index (χ0) is 19.2. The summed E-state index contributed by atoms with van der Waals surface area (Å²) in [5, 5.41) is 12.5. The van der Waals surface area contributed by atoms with Crippen LogP contribution >= 0.6 is 0 Å². The van der Waals surface area contributed by atoms with Gasteiger partial charge < -0.3 is 14.8 Å². The van der Waals surface area contributed by atoms with Crippen LogP contribution in [0.1, 0.15) is 23.7 Å². The number of carbonyl (C=O) groups excluding carboxylic acids is 2. The van der Waals surface area contributed by atoms with E-state index in [0.29, 0.717) is 22.5 Å². The summed E-state index contributed by atoms with van der Waals surface area (Å²) in [6.45, 7) is 3.53. The number of esters is 1. The molecule has 0 fully saturated rings. The molecule has 0 unspecified atom stereocenters. The van der Waals surface area contributed by atoms with Crippen molar-refractivity contribution in [1.82, 2.24) is 4.98 Å². The quantitative estimate of drug-likeness (QED) is 0.697. The van der Waals surface area contributed by atoms with E-state index in [-0.39, 0.29) is 13.2 Å². The minimum absolute atomic E-state index is 0.230. The minimum Gasteiger partial charge on any atom is -0.465 e. The molecule has 2 heterocycles. The van der Waals surface area contributed by atoms with Crippen LogP contribution in [0.4, 0.5) is 5.69 Å². The first-order valence-electron chi connectivity index (χ1n) is 8.85. The van der Waals surface area contributed by atoms with Crippen LogP contribution in [-0.4, -0.2) is 35.1 Å². The van der Waals surface area contributed by atoms with Gasteiger partial charge >= 0.3 is 5.97 Å². The molecule has 6 heteroatoms. The summed E-state index contributed by atoms with van der Waals surface area (Å²) in [4.78, 5) is 29.9. The molecule has 0 saturated heterocycles. The van der Waals surface area contributed by atoms with Gasteiger partial charge in [-0.3, -0.25) is 14.5 Å². The highest BCUT2D eigenvalue weighted by Gasteiger charge is 2.53. The second-order valence-electron chi connectivity index (χ2n) is 6.59. The molecule has 1 atom stereocenters. The predicted molar refractivity (Wildman–Crippen MR) is 101 cm³/mol. The van der Waals surface area contributed by atoms with E-state index >= 15 is 0 Å². The Hall–Kier alpha value is -3.12. The zero-order valence-electron chi connectivity index (χ0n) is 15.2. The van der Waals surface area contributed by atoms with Crippen molar-refractivity contribution in [2.75, 3.05) is 18.1 Å². The monoisotopic (exact) mass is 364 g/mol. The lowest BCUT2D eigenvalue weighted by Crippen LogP contribution is -2.43. The highest BCUT2D eigenvalue weighted by Crippen LogP contribution is 2.47. The highest BCUT2D eigenvalue weighted by atomic mass is 16.5. The molecule has 1 amide bonds. The van der Waals surface area contributed by atoms with Crippen LogP contribution in [0.3, 0.4) is 0 Å². The first kappa shape index (κ1) is 17.3. The number of carbonyl (C=O) groups is 2. The van der Waals surface area contributed by atoms with Crippen LogP contribution in [0, 0.1) is 6.92 Å². The van der Waals surface area contributed by atoms with Crippen molar-refractivity contribution < 1.29 is 19.4 Å². The van der Waals surface area contributed by atoms with Gasteiger partial charge in [0.25, 0.3) is 5.91 Å². The molecule has 4 rings (SSSR count). The number of aromatic amines is 1. The summed E-state index contributed by atoms with van der Waals surface area (Å²) >= 11 is 0. The van der Waals surface area contributed by atoms with E-state index in [1.807, 2.05) is 31.2 Å². The topological polar surface area (TPSA) is 82.6 Å². The number of para-hydroxylation sites is 2. The summed E-state index contributed by atoms with van der Waals surface area (Å²) in [6, 6.07) is 14.5. The minimum atomic E-state index is -1.87. The zero-order valence-corrected chi connectivity index (χ0v) is 15.2. The standard InChI is InChI=1S/C21H20N2O4/c1-3-27-18(24)12-23-17-11-7-5-9-15(17)21(26,20(23)25)19-13(2)22-16-10-6-4-8-14(16)19/h4-11,22,26H,3,12H2,1-2H3/t21-/m0/s1. The van der Waals surface area contributed by atoms with Gasteiger partial charge in [-0.15, -0.1) is 0 Å².